The van der Waals surface area contributed by atoms with Gasteiger partial charge in [-0.1, -0.05) is 0 Å². The minimum Gasteiger partial charge on any atom is -0.153 e. The van der Waals surface area contributed by atoms with E-state index in [9.17, 15) is 0 Å². The first-order valence-electron chi connectivity index (χ1n) is 0. The van der Waals surface area contributed by atoms with Gasteiger partial charge in [0.2, 0.25) is 0 Å². The molecule has 0 nitrogen and oxygen atoms in total. The summed E-state index contributed by atoms with van der Waals surface area (Å²) in [6.45, 7) is 0. The van der Waals surface area contributed by atoms with Gasteiger partial charge in [0.25, 0.3) is 0 Å². The monoisotopic (exact) mass is 136 g/mol. The fraction of sp³-hybridized carbons (Fsp3) is 0. The van der Waals surface area contributed by atoms with E-state index in [0.29, 0.717) is 0 Å². The van der Waals surface area contributed by atoms with Gasteiger partial charge in [0.15, 0.2) is 0 Å². The van der Waals surface area contributed by atoms with Gasteiger partial charge < -0.3 is 0 Å². The van der Waals surface area contributed by atoms with Crippen LogP contribution in [0.4, 0.5) is 0 Å². The van der Waals surface area contributed by atoms with E-state index in [1.165, 1.54) is 0 Å². The molecule has 1 atom stereocenters. The second-order valence-corrected chi connectivity index (χ2v) is 0. The van der Waals surface area contributed by atoms with E-state index >= 15 is 0 Å². The Labute approximate surface area is 52.9 Å². The molecule has 0 heterocycles. The molecule has 0 saturated heterocycles. The Kier molecular flexibility index (Phi) is 286. The van der Waals surface area contributed by atoms with E-state index in [1.54, 1.807) is 0 Å². The maximum Gasteiger partial charge on any atom is 0.0854 e. The van der Waals surface area contributed by atoms with Crippen molar-refractivity contribution in [3.05, 3.63) is 0 Å². The fourth-order valence-electron chi connectivity index (χ4n) is 0. The van der Waals surface area contributed by atoms with Crippen LogP contribution in [0.3, 0.4) is 0 Å². The molecule has 0 amide bonds. The van der Waals surface area contributed by atoms with E-state index in [0.717, 1.165) is 0 Å². The van der Waals surface area contributed by atoms with Gasteiger partial charge in [-0.05, 0) is 0 Å². The molecule has 0 aliphatic carbocycles. The molecule has 0 aromatic carbocycles. The molecule has 0 aromatic heterocycles. The van der Waals surface area contributed by atoms with Crippen LogP contribution in [0.1, 0.15) is 0 Å². The average molecular weight is 136 g/mol. The van der Waals surface area contributed by atoms with Crippen molar-refractivity contribution in [2.75, 3.05) is 0 Å². The molecule has 0 spiro atoms. The summed E-state index contributed by atoms with van der Waals surface area (Å²) in [7, 11) is 0. The molecule has 0 fully saturated rings. The zero-order chi connectivity index (χ0) is 0. The smallest absolute Gasteiger partial charge is 0.0854 e. The van der Waals surface area contributed by atoms with Crippen LogP contribution in [0.25, 0.3) is 0 Å². The zero-order valence-corrected chi connectivity index (χ0v) is 6.06. The molecule has 6 radical (unpaired) electrons. The van der Waals surface area contributed by atoms with Gasteiger partial charge in [0.1, 0.15) is 0 Å². The summed E-state index contributed by atoms with van der Waals surface area (Å²) >= 11 is 0. The van der Waals surface area contributed by atoms with Gasteiger partial charge in [0.05, 0.1) is 17.4 Å². The topological polar surface area (TPSA) is 0 Å². The van der Waals surface area contributed by atoms with Crippen molar-refractivity contribution in [3.8, 4) is 0 Å². The summed E-state index contributed by atoms with van der Waals surface area (Å²) in [6, 6.07) is 0. The fourth-order valence-corrected chi connectivity index (χ4v) is 0. The van der Waals surface area contributed by atoms with E-state index in [4.69, 9.17) is 0 Å². The molecule has 0 bridgehead atoms. The van der Waals surface area contributed by atoms with Gasteiger partial charge in [-0.15, -0.1) is 0 Å². The first kappa shape index (κ1) is 47.9. The average Bonchev–Trinajstić information content (AvgIpc) is 0. The van der Waals surface area contributed by atoms with Crippen LogP contribution in [0.2, 0.25) is 0 Å². The Morgan fingerprint density at radius 1 is 1.00 bits per heavy atom. The molecule has 1 unspecified atom stereocenters. The molecular formula is H4AlBCuP. The molecule has 0 N–H and O–H groups in total. The third-order valence-corrected chi connectivity index (χ3v) is 0. The summed E-state index contributed by atoms with van der Waals surface area (Å²) in [6.07, 6.45) is 0. The summed E-state index contributed by atoms with van der Waals surface area (Å²) in [5.74, 6) is 0. The normalized spacial score (nSPS) is 0. The van der Waals surface area contributed by atoms with Gasteiger partial charge in [-0.2, -0.15) is 9.90 Å². The van der Waals surface area contributed by atoms with Crippen molar-refractivity contribution >= 4 is 35.7 Å². The zero-order valence-electron chi connectivity index (χ0n) is 2.29. The van der Waals surface area contributed by atoms with Crippen molar-refractivity contribution in [1.29, 1.82) is 0 Å². The predicted octanol–water partition coefficient (Wildman–Crippen LogP) is -0.974. The second kappa shape index (κ2) is 23.9. The summed E-state index contributed by atoms with van der Waals surface area (Å²) < 4.78 is 0. The van der Waals surface area contributed by atoms with Crippen molar-refractivity contribution in [3.63, 3.8) is 0 Å². The minimum atomic E-state index is 0. The molecule has 0 aliphatic heterocycles. The number of hydrogen-bond acceptors (Lipinski definition) is 0. The molecule has 0 aliphatic rings. The Hall–Kier alpha value is 1.55. The van der Waals surface area contributed by atoms with E-state index in [1.807, 2.05) is 0 Å². The van der Waals surface area contributed by atoms with Gasteiger partial charge in [-0.3, -0.25) is 0 Å². The van der Waals surface area contributed by atoms with Crippen LogP contribution in [-0.2, 0) is 17.1 Å². The number of hydrogen-bond donors (Lipinski definition) is 0. The summed E-state index contributed by atoms with van der Waals surface area (Å²) in [5.41, 5.74) is 0. The standard InChI is InChI=1S/Al.B.Cu.H3P.H/h;;;1H3;. The first-order chi connectivity index (χ1) is 0. The van der Waals surface area contributed by atoms with E-state index < -0.39 is 0 Å². The van der Waals surface area contributed by atoms with Crippen molar-refractivity contribution in [2.24, 2.45) is 0 Å². The molecule has 4 heavy (non-hydrogen) atoms. The van der Waals surface area contributed by atoms with Crippen LogP contribution >= 0.6 is 9.90 Å². The molecular weight excluding hydrogens is 132 g/mol. The van der Waals surface area contributed by atoms with E-state index in [-0.39, 0.29) is 52.7 Å². The van der Waals surface area contributed by atoms with Crippen LogP contribution < -0.4 is 0 Å². The van der Waals surface area contributed by atoms with Crippen molar-refractivity contribution in [1.82, 2.24) is 0 Å². The molecule has 0 aromatic rings. The summed E-state index contributed by atoms with van der Waals surface area (Å²) in [5, 5.41) is 0. The third-order valence-electron chi connectivity index (χ3n) is 0. The SMILES string of the molecule is P.[AlH].[B].[Cu]. The Balaban J connectivity index is 0. The van der Waals surface area contributed by atoms with Crippen LogP contribution in [0, 0.1) is 0 Å². The van der Waals surface area contributed by atoms with Gasteiger partial charge >= 0.3 is 0 Å². The number of rotatable bonds is 0. The largest absolute Gasteiger partial charge is 0.153 e. The van der Waals surface area contributed by atoms with E-state index in [2.05, 4.69) is 0 Å². The minimum absolute atomic E-state index is 0. The maximum absolute atomic E-state index is 0. The van der Waals surface area contributed by atoms with Crippen LogP contribution in [0.15, 0.2) is 0 Å². The van der Waals surface area contributed by atoms with Gasteiger partial charge in [0, 0.05) is 25.5 Å². The van der Waals surface area contributed by atoms with Crippen molar-refractivity contribution < 1.29 is 17.1 Å². The first-order valence-corrected chi connectivity index (χ1v) is 0. The Morgan fingerprint density at radius 3 is 1.00 bits per heavy atom. The molecule has 26 valence electrons. The quantitative estimate of drug-likeness (QED) is 0.297. The van der Waals surface area contributed by atoms with Crippen LogP contribution in [0.5, 0.6) is 0 Å². The van der Waals surface area contributed by atoms with Crippen LogP contribution in [-0.4, -0.2) is 25.8 Å². The molecule has 0 rings (SSSR count). The predicted molar refractivity (Wildman–Crippen MR) is 24.0 cm³/mol. The Bertz CT molecular complexity index is 8.00. The summed E-state index contributed by atoms with van der Waals surface area (Å²) in [4.78, 5) is 0. The maximum atomic E-state index is 0. The Morgan fingerprint density at radius 2 is 1.00 bits per heavy atom. The second-order valence-electron chi connectivity index (χ2n) is 0. The molecule has 4 heteroatoms. The molecule has 0 saturated carbocycles. The third kappa shape index (κ3) is 9.62. The van der Waals surface area contributed by atoms with Gasteiger partial charge in [-0.25, -0.2) is 0 Å². The van der Waals surface area contributed by atoms with Crippen molar-refractivity contribution in [2.45, 2.75) is 0 Å².